The lowest BCUT2D eigenvalue weighted by Gasteiger charge is -2.32. The summed E-state index contributed by atoms with van der Waals surface area (Å²) < 4.78 is 18.2. The van der Waals surface area contributed by atoms with Crippen LogP contribution in [0.5, 0.6) is 5.75 Å². The van der Waals surface area contributed by atoms with Crippen molar-refractivity contribution < 1.29 is 14.2 Å². The smallest absolute Gasteiger partial charge is 0.123 e. The molecule has 1 aliphatic rings. The Hall–Kier alpha value is -1.13. The van der Waals surface area contributed by atoms with E-state index >= 15 is 0 Å². The normalized spacial score (nSPS) is 18.2. The van der Waals surface area contributed by atoms with Crippen molar-refractivity contribution in [2.45, 2.75) is 44.2 Å². The van der Waals surface area contributed by atoms with Gasteiger partial charge in [-0.05, 0) is 44.2 Å². The molecule has 0 bridgehead atoms. The Labute approximate surface area is 120 Å². The molecule has 3 nitrogen and oxygen atoms in total. The fraction of sp³-hybridized carbons (Fsp3) is 0.625. The Kier molecular flexibility index (Phi) is 5.80. The van der Waals surface area contributed by atoms with Gasteiger partial charge in [-0.2, -0.15) is 0 Å². The van der Waals surface area contributed by atoms with Crippen LogP contribution >= 0.6 is 0 Å². The average Bonchev–Trinajstić information content (AvgIpc) is 2.47. The monoisotopic (exact) mass is 281 g/mol. The second kappa shape index (κ2) is 7.60. The predicted molar refractivity (Wildman–Crippen MR) is 77.4 cm³/mol. The van der Waals surface area contributed by atoms with E-state index in [1.807, 2.05) is 0 Å². The highest BCUT2D eigenvalue weighted by Crippen LogP contribution is 2.21. The first-order chi connectivity index (χ1) is 9.65. The number of hydrogen-bond donors (Lipinski definition) is 1. The maximum absolute atomic E-state index is 12.8. The number of ether oxygens (including phenoxy) is 1. The lowest BCUT2D eigenvalue weighted by Crippen LogP contribution is -2.40. The lowest BCUT2D eigenvalue weighted by atomic mass is 9.94. The molecule has 20 heavy (non-hydrogen) atoms. The van der Waals surface area contributed by atoms with Crippen LogP contribution in [0.3, 0.4) is 0 Å². The minimum absolute atomic E-state index is 0.239. The molecule has 1 atom stereocenters. The van der Waals surface area contributed by atoms with Gasteiger partial charge in [-0.25, -0.2) is 4.39 Å². The van der Waals surface area contributed by atoms with Crippen molar-refractivity contribution in [3.05, 3.63) is 30.1 Å². The number of rotatable bonds is 6. The highest BCUT2D eigenvalue weighted by Gasteiger charge is 2.20. The Morgan fingerprint density at radius 2 is 1.90 bits per heavy atom. The summed E-state index contributed by atoms with van der Waals surface area (Å²) in [6.45, 7) is 0.856. The molecule has 0 amide bonds. The number of aliphatic hydroxyl groups is 1. The van der Waals surface area contributed by atoms with Crippen molar-refractivity contribution in [1.82, 2.24) is 4.90 Å². The summed E-state index contributed by atoms with van der Waals surface area (Å²) in [5.41, 5.74) is 0. The minimum Gasteiger partial charge on any atom is -0.491 e. The van der Waals surface area contributed by atoms with Crippen LogP contribution in [0.25, 0.3) is 0 Å². The van der Waals surface area contributed by atoms with E-state index in [4.69, 9.17) is 4.74 Å². The second-order valence-electron chi connectivity index (χ2n) is 5.65. The second-order valence-corrected chi connectivity index (χ2v) is 5.65. The van der Waals surface area contributed by atoms with E-state index in [-0.39, 0.29) is 12.4 Å². The van der Waals surface area contributed by atoms with Crippen molar-refractivity contribution in [1.29, 1.82) is 0 Å². The van der Waals surface area contributed by atoms with Crippen LogP contribution in [0.2, 0.25) is 0 Å². The maximum Gasteiger partial charge on any atom is 0.123 e. The fourth-order valence-corrected chi connectivity index (χ4v) is 2.78. The minimum atomic E-state index is -0.521. The number of halogens is 1. The molecule has 2 rings (SSSR count). The highest BCUT2D eigenvalue weighted by molar-refractivity contribution is 5.22. The van der Waals surface area contributed by atoms with Crippen molar-refractivity contribution in [2.75, 3.05) is 20.2 Å². The van der Waals surface area contributed by atoms with Gasteiger partial charge in [-0.15, -0.1) is 0 Å². The first-order valence-corrected chi connectivity index (χ1v) is 7.42. The topological polar surface area (TPSA) is 32.7 Å². The molecule has 1 saturated carbocycles. The highest BCUT2D eigenvalue weighted by atomic mass is 19.1. The van der Waals surface area contributed by atoms with Gasteiger partial charge in [0.05, 0.1) is 0 Å². The van der Waals surface area contributed by atoms with Crippen LogP contribution in [0.1, 0.15) is 32.1 Å². The van der Waals surface area contributed by atoms with E-state index in [2.05, 4.69) is 11.9 Å². The van der Waals surface area contributed by atoms with E-state index in [0.717, 1.165) is 0 Å². The zero-order valence-electron chi connectivity index (χ0n) is 12.1. The number of hydrogen-bond acceptors (Lipinski definition) is 3. The van der Waals surface area contributed by atoms with Crippen LogP contribution in [0.4, 0.5) is 4.39 Å². The SMILES string of the molecule is CN(CC(O)COc1ccc(F)cc1)C1CCCCC1. The van der Waals surface area contributed by atoms with Crippen LogP contribution in [-0.4, -0.2) is 42.4 Å². The Balaban J connectivity index is 1.71. The van der Waals surface area contributed by atoms with Gasteiger partial charge in [0.1, 0.15) is 24.3 Å². The Morgan fingerprint density at radius 1 is 1.25 bits per heavy atom. The third-order valence-corrected chi connectivity index (χ3v) is 3.95. The lowest BCUT2D eigenvalue weighted by molar-refractivity contribution is 0.0561. The van der Waals surface area contributed by atoms with Gasteiger partial charge in [0.25, 0.3) is 0 Å². The summed E-state index contributed by atoms with van der Waals surface area (Å²) in [5.74, 6) is 0.306. The van der Waals surface area contributed by atoms with Gasteiger partial charge < -0.3 is 14.7 Å². The number of likely N-dealkylation sites (N-methyl/N-ethyl adjacent to an activating group) is 1. The van der Waals surface area contributed by atoms with Gasteiger partial charge in [-0.1, -0.05) is 19.3 Å². The van der Waals surface area contributed by atoms with Crippen LogP contribution in [-0.2, 0) is 0 Å². The zero-order valence-corrected chi connectivity index (χ0v) is 12.1. The van der Waals surface area contributed by atoms with Crippen molar-refractivity contribution in [3.63, 3.8) is 0 Å². The fourth-order valence-electron chi connectivity index (χ4n) is 2.78. The summed E-state index contributed by atoms with van der Waals surface area (Å²) in [4.78, 5) is 2.23. The van der Waals surface area contributed by atoms with Gasteiger partial charge >= 0.3 is 0 Å². The summed E-state index contributed by atoms with van der Waals surface area (Å²) in [6.07, 6.45) is 5.84. The molecule has 0 aliphatic heterocycles. The summed E-state index contributed by atoms with van der Waals surface area (Å²) in [5, 5.41) is 10.0. The molecule has 4 heteroatoms. The zero-order chi connectivity index (χ0) is 14.4. The summed E-state index contributed by atoms with van der Waals surface area (Å²) >= 11 is 0. The maximum atomic E-state index is 12.8. The molecule has 1 N–H and O–H groups in total. The van der Waals surface area contributed by atoms with E-state index in [0.29, 0.717) is 18.3 Å². The van der Waals surface area contributed by atoms with Crippen LogP contribution in [0.15, 0.2) is 24.3 Å². The number of nitrogens with zero attached hydrogens (tertiary/aromatic N) is 1. The Morgan fingerprint density at radius 3 is 2.55 bits per heavy atom. The molecule has 0 radical (unpaired) electrons. The quantitative estimate of drug-likeness (QED) is 0.870. The van der Waals surface area contributed by atoms with E-state index in [1.165, 1.54) is 44.2 Å². The van der Waals surface area contributed by atoms with Crippen molar-refractivity contribution in [3.8, 4) is 5.75 Å². The van der Waals surface area contributed by atoms with E-state index in [9.17, 15) is 9.50 Å². The molecule has 1 fully saturated rings. The van der Waals surface area contributed by atoms with Crippen LogP contribution in [0, 0.1) is 5.82 Å². The first-order valence-electron chi connectivity index (χ1n) is 7.42. The molecule has 1 aliphatic carbocycles. The molecule has 0 heterocycles. The number of aliphatic hydroxyl groups excluding tert-OH is 1. The molecule has 0 spiro atoms. The van der Waals surface area contributed by atoms with Crippen molar-refractivity contribution >= 4 is 0 Å². The summed E-state index contributed by atoms with van der Waals surface area (Å²) in [6, 6.07) is 6.45. The van der Waals surface area contributed by atoms with Crippen LogP contribution < -0.4 is 4.74 Å². The van der Waals surface area contributed by atoms with Gasteiger partial charge in [0.2, 0.25) is 0 Å². The molecule has 1 aromatic carbocycles. The molecular formula is C16H24FNO2. The number of benzene rings is 1. The standard InChI is InChI=1S/C16H24FNO2/c1-18(14-5-3-2-4-6-14)11-15(19)12-20-16-9-7-13(17)8-10-16/h7-10,14-15,19H,2-6,11-12H2,1H3. The van der Waals surface area contributed by atoms with Gasteiger partial charge in [0.15, 0.2) is 0 Å². The molecule has 0 saturated heterocycles. The van der Waals surface area contributed by atoms with Gasteiger partial charge in [-0.3, -0.25) is 0 Å². The molecule has 1 aromatic rings. The molecule has 1 unspecified atom stereocenters. The summed E-state index contributed by atoms with van der Waals surface area (Å²) in [7, 11) is 2.07. The molecular weight excluding hydrogens is 257 g/mol. The largest absolute Gasteiger partial charge is 0.491 e. The van der Waals surface area contributed by atoms with Crippen molar-refractivity contribution in [2.24, 2.45) is 0 Å². The third kappa shape index (κ3) is 4.76. The predicted octanol–water partition coefficient (Wildman–Crippen LogP) is 2.83. The molecule has 0 aromatic heterocycles. The first kappa shape index (κ1) is 15.3. The van der Waals surface area contributed by atoms with Gasteiger partial charge in [0, 0.05) is 12.6 Å². The van der Waals surface area contributed by atoms with E-state index in [1.54, 1.807) is 12.1 Å². The Bertz CT molecular complexity index is 390. The van der Waals surface area contributed by atoms with E-state index < -0.39 is 6.10 Å². The average molecular weight is 281 g/mol. The third-order valence-electron chi connectivity index (χ3n) is 3.95. The molecule has 112 valence electrons.